The third-order valence-electron chi connectivity index (χ3n) is 2.89. The molecule has 2 rings (SSSR count). The second-order valence-electron chi connectivity index (χ2n) is 4.09. The van der Waals surface area contributed by atoms with Crippen molar-refractivity contribution in [1.29, 1.82) is 0 Å². The van der Waals surface area contributed by atoms with Gasteiger partial charge in [0.15, 0.2) is 0 Å². The van der Waals surface area contributed by atoms with Gasteiger partial charge in [-0.2, -0.15) is 0 Å². The van der Waals surface area contributed by atoms with Gasteiger partial charge in [0.05, 0.1) is 10.5 Å². The SMILES string of the molecule is CNS(=O)(=O)c1ccc(-c2ccccc2)c(C(=O)O)c1. The second kappa shape index (κ2) is 5.44. The minimum absolute atomic E-state index is 0.0486. The maximum atomic E-state index is 11.7. The highest BCUT2D eigenvalue weighted by Gasteiger charge is 2.18. The lowest BCUT2D eigenvalue weighted by atomic mass is 10.00. The highest BCUT2D eigenvalue weighted by molar-refractivity contribution is 7.89. The number of sulfonamides is 1. The van der Waals surface area contributed by atoms with Crippen LogP contribution in [0.15, 0.2) is 53.4 Å². The number of carboxylic acid groups (broad SMARTS) is 1. The summed E-state index contributed by atoms with van der Waals surface area (Å²) in [5.41, 5.74) is 1.15. The largest absolute Gasteiger partial charge is 0.478 e. The molecule has 0 aromatic heterocycles. The Labute approximate surface area is 116 Å². The van der Waals surface area contributed by atoms with E-state index in [-0.39, 0.29) is 10.5 Å². The van der Waals surface area contributed by atoms with Gasteiger partial charge in [0.2, 0.25) is 10.0 Å². The van der Waals surface area contributed by atoms with Crippen LogP contribution in [0.25, 0.3) is 11.1 Å². The zero-order valence-corrected chi connectivity index (χ0v) is 11.5. The monoisotopic (exact) mass is 291 g/mol. The van der Waals surface area contributed by atoms with Gasteiger partial charge in [-0.15, -0.1) is 0 Å². The molecule has 0 radical (unpaired) electrons. The fourth-order valence-corrected chi connectivity index (χ4v) is 2.61. The van der Waals surface area contributed by atoms with E-state index >= 15 is 0 Å². The first kappa shape index (κ1) is 14.2. The molecule has 0 fully saturated rings. The number of rotatable bonds is 4. The third kappa shape index (κ3) is 2.71. The molecule has 5 nitrogen and oxygen atoms in total. The molecule has 0 atom stereocenters. The standard InChI is InChI=1S/C14H13NO4S/c1-15-20(18,19)11-7-8-12(13(9-11)14(16)17)10-5-3-2-4-6-10/h2-9,15H,1H3,(H,16,17). The highest BCUT2D eigenvalue weighted by atomic mass is 32.2. The number of hydrogen-bond acceptors (Lipinski definition) is 3. The van der Waals surface area contributed by atoms with Gasteiger partial charge < -0.3 is 5.11 Å². The number of nitrogens with one attached hydrogen (secondary N) is 1. The Kier molecular flexibility index (Phi) is 3.87. The summed E-state index contributed by atoms with van der Waals surface area (Å²) in [6.07, 6.45) is 0. The van der Waals surface area contributed by atoms with Crippen LogP contribution in [0.4, 0.5) is 0 Å². The van der Waals surface area contributed by atoms with E-state index in [1.165, 1.54) is 19.2 Å². The van der Waals surface area contributed by atoms with Gasteiger partial charge in [-0.1, -0.05) is 36.4 Å². The first-order valence-corrected chi connectivity index (χ1v) is 7.30. The van der Waals surface area contributed by atoms with E-state index in [1.807, 2.05) is 6.07 Å². The molecule has 2 aromatic rings. The molecule has 0 saturated carbocycles. The number of benzene rings is 2. The molecule has 104 valence electrons. The second-order valence-corrected chi connectivity index (χ2v) is 5.97. The summed E-state index contributed by atoms with van der Waals surface area (Å²) in [5, 5.41) is 9.27. The predicted molar refractivity (Wildman–Crippen MR) is 75.1 cm³/mol. The summed E-state index contributed by atoms with van der Waals surface area (Å²) in [6, 6.07) is 13.0. The van der Waals surface area contributed by atoms with E-state index in [9.17, 15) is 18.3 Å². The third-order valence-corrected chi connectivity index (χ3v) is 4.30. The highest BCUT2D eigenvalue weighted by Crippen LogP contribution is 2.26. The molecule has 0 spiro atoms. The van der Waals surface area contributed by atoms with Crippen LogP contribution >= 0.6 is 0 Å². The van der Waals surface area contributed by atoms with Crippen LogP contribution in [-0.2, 0) is 10.0 Å². The van der Waals surface area contributed by atoms with Crippen molar-refractivity contribution >= 4 is 16.0 Å². The topological polar surface area (TPSA) is 83.5 Å². The lowest BCUT2D eigenvalue weighted by molar-refractivity contribution is 0.0697. The molecule has 0 aliphatic carbocycles. The van der Waals surface area contributed by atoms with Crippen LogP contribution in [0.1, 0.15) is 10.4 Å². The summed E-state index contributed by atoms with van der Waals surface area (Å²) in [7, 11) is -2.39. The van der Waals surface area contributed by atoms with Crippen molar-refractivity contribution in [2.24, 2.45) is 0 Å². The van der Waals surface area contributed by atoms with Crippen LogP contribution in [-0.4, -0.2) is 26.5 Å². The van der Waals surface area contributed by atoms with Crippen molar-refractivity contribution in [1.82, 2.24) is 4.72 Å². The summed E-state index contributed by atoms with van der Waals surface area (Å²) < 4.78 is 25.6. The number of aromatic carboxylic acids is 1. The van der Waals surface area contributed by atoms with Crippen LogP contribution in [0.3, 0.4) is 0 Å². The first-order chi connectivity index (χ1) is 9.45. The molecule has 0 aliphatic heterocycles. The summed E-state index contributed by atoms with van der Waals surface area (Å²) >= 11 is 0. The Hall–Kier alpha value is -2.18. The molecule has 2 aromatic carbocycles. The fraction of sp³-hybridized carbons (Fsp3) is 0.0714. The normalized spacial score (nSPS) is 11.2. The van der Waals surface area contributed by atoms with Crippen molar-refractivity contribution in [3.05, 3.63) is 54.1 Å². The molecule has 0 heterocycles. The number of carboxylic acids is 1. The quantitative estimate of drug-likeness (QED) is 0.902. The van der Waals surface area contributed by atoms with Crippen molar-refractivity contribution in [2.45, 2.75) is 4.90 Å². The minimum Gasteiger partial charge on any atom is -0.478 e. The lowest BCUT2D eigenvalue weighted by Gasteiger charge is -2.09. The predicted octanol–water partition coefficient (Wildman–Crippen LogP) is 1.96. The smallest absolute Gasteiger partial charge is 0.336 e. The van der Waals surface area contributed by atoms with E-state index < -0.39 is 16.0 Å². The van der Waals surface area contributed by atoms with Gasteiger partial charge in [0.25, 0.3) is 0 Å². The van der Waals surface area contributed by atoms with Crippen LogP contribution in [0.5, 0.6) is 0 Å². The molecule has 20 heavy (non-hydrogen) atoms. The maximum Gasteiger partial charge on any atom is 0.336 e. The Balaban J connectivity index is 2.65. The molecule has 0 bridgehead atoms. The molecule has 2 N–H and O–H groups in total. The molecule has 6 heteroatoms. The van der Waals surface area contributed by atoms with Gasteiger partial charge >= 0.3 is 5.97 Å². The summed E-state index contributed by atoms with van der Waals surface area (Å²) in [4.78, 5) is 11.3. The van der Waals surface area contributed by atoms with E-state index in [0.29, 0.717) is 5.56 Å². The van der Waals surface area contributed by atoms with Crippen molar-refractivity contribution in [3.63, 3.8) is 0 Å². The summed E-state index contributed by atoms with van der Waals surface area (Å²) in [5.74, 6) is -1.17. The van der Waals surface area contributed by atoms with Crippen molar-refractivity contribution < 1.29 is 18.3 Å². The molecule has 0 aliphatic rings. The van der Waals surface area contributed by atoms with Gasteiger partial charge in [-0.3, -0.25) is 0 Å². The van der Waals surface area contributed by atoms with E-state index in [0.717, 1.165) is 11.6 Å². The van der Waals surface area contributed by atoms with Crippen molar-refractivity contribution in [3.8, 4) is 11.1 Å². The number of hydrogen-bond donors (Lipinski definition) is 2. The van der Waals surface area contributed by atoms with Crippen molar-refractivity contribution in [2.75, 3.05) is 7.05 Å². The van der Waals surface area contributed by atoms with Crippen LogP contribution in [0, 0.1) is 0 Å². The zero-order chi connectivity index (χ0) is 14.8. The first-order valence-electron chi connectivity index (χ1n) is 5.82. The van der Waals surface area contributed by atoms with Gasteiger partial charge in [-0.25, -0.2) is 17.9 Å². The van der Waals surface area contributed by atoms with Gasteiger partial charge in [0.1, 0.15) is 0 Å². The Bertz CT molecular complexity index is 739. The average molecular weight is 291 g/mol. The Morgan fingerprint density at radius 3 is 2.30 bits per heavy atom. The zero-order valence-electron chi connectivity index (χ0n) is 10.7. The van der Waals surface area contributed by atoms with E-state index in [1.54, 1.807) is 24.3 Å². The van der Waals surface area contributed by atoms with E-state index in [4.69, 9.17) is 0 Å². The fourth-order valence-electron chi connectivity index (χ4n) is 1.85. The molecule has 0 unspecified atom stereocenters. The van der Waals surface area contributed by atoms with Crippen LogP contribution in [0.2, 0.25) is 0 Å². The van der Waals surface area contributed by atoms with E-state index in [2.05, 4.69) is 4.72 Å². The molecular formula is C14H13NO4S. The number of carbonyl (C=O) groups is 1. The lowest BCUT2D eigenvalue weighted by Crippen LogP contribution is -2.19. The van der Waals surface area contributed by atoms with Gasteiger partial charge in [0, 0.05) is 0 Å². The van der Waals surface area contributed by atoms with Crippen LogP contribution < -0.4 is 4.72 Å². The maximum absolute atomic E-state index is 11.7. The Morgan fingerprint density at radius 2 is 1.75 bits per heavy atom. The van der Waals surface area contributed by atoms with Gasteiger partial charge in [-0.05, 0) is 30.3 Å². The average Bonchev–Trinajstić information content (AvgIpc) is 2.47. The summed E-state index contributed by atoms with van der Waals surface area (Å²) in [6.45, 7) is 0. The molecular weight excluding hydrogens is 278 g/mol. The molecule has 0 amide bonds. The minimum atomic E-state index is -3.67. The Morgan fingerprint density at radius 1 is 1.10 bits per heavy atom. The molecule has 0 saturated heterocycles.